The molecule has 1 aliphatic heterocycles. The largest absolute Gasteiger partial charge is 0.347 e. The molecule has 6 heteroatoms. The minimum absolute atomic E-state index is 0.184. The van der Waals surface area contributed by atoms with Crippen molar-refractivity contribution < 1.29 is 4.79 Å². The molecule has 5 nitrogen and oxygen atoms in total. The first-order valence-corrected chi connectivity index (χ1v) is 9.59. The number of piperidine rings is 1. The van der Waals surface area contributed by atoms with Gasteiger partial charge in [-0.25, -0.2) is 9.97 Å². The molecule has 0 radical (unpaired) electrons. The summed E-state index contributed by atoms with van der Waals surface area (Å²) in [6, 6.07) is 9.63. The summed E-state index contributed by atoms with van der Waals surface area (Å²) in [5.41, 5.74) is 2.23. The van der Waals surface area contributed by atoms with Crippen LogP contribution in [0.15, 0.2) is 30.3 Å². The van der Waals surface area contributed by atoms with Crippen LogP contribution < -0.4 is 10.2 Å². The van der Waals surface area contributed by atoms with E-state index < -0.39 is 0 Å². The lowest BCUT2D eigenvalue weighted by Crippen LogP contribution is -2.40. The molecule has 2 heterocycles. The standard InChI is InChI=1S/C20H25ClN4O/c1-3-17-6-4-5-11-25(17)20-23-14(2)12-18(24-20)19(26)22-13-15-7-9-16(21)10-8-15/h7-10,12,17H,3-6,11,13H2,1-2H3,(H,22,26). The van der Waals surface area contributed by atoms with E-state index in [0.717, 1.165) is 37.1 Å². The number of hydrogen-bond donors (Lipinski definition) is 1. The van der Waals surface area contributed by atoms with Gasteiger partial charge < -0.3 is 10.2 Å². The van der Waals surface area contributed by atoms with E-state index in [1.165, 1.54) is 6.42 Å². The maximum atomic E-state index is 12.6. The lowest BCUT2D eigenvalue weighted by molar-refractivity contribution is 0.0945. The second-order valence-electron chi connectivity index (χ2n) is 6.75. The zero-order valence-corrected chi connectivity index (χ0v) is 16.1. The van der Waals surface area contributed by atoms with Gasteiger partial charge in [-0.15, -0.1) is 0 Å². The highest BCUT2D eigenvalue weighted by Gasteiger charge is 2.24. The van der Waals surface area contributed by atoms with E-state index in [2.05, 4.69) is 27.1 Å². The maximum absolute atomic E-state index is 12.6. The van der Waals surface area contributed by atoms with Gasteiger partial charge in [-0.05, 0) is 56.4 Å². The minimum Gasteiger partial charge on any atom is -0.347 e. The summed E-state index contributed by atoms with van der Waals surface area (Å²) in [4.78, 5) is 24.0. The van der Waals surface area contributed by atoms with E-state index >= 15 is 0 Å². The van der Waals surface area contributed by atoms with Crippen molar-refractivity contribution in [3.05, 3.63) is 52.3 Å². The number of carbonyl (C=O) groups is 1. The fourth-order valence-electron chi connectivity index (χ4n) is 3.36. The fraction of sp³-hybridized carbons (Fsp3) is 0.450. The van der Waals surface area contributed by atoms with E-state index in [0.29, 0.717) is 29.3 Å². The van der Waals surface area contributed by atoms with Crippen LogP contribution in [0.4, 0.5) is 5.95 Å². The third-order valence-electron chi connectivity index (χ3n) is 4.80. The first-order chi connectivity index (χ1) is 12.6. The number of amides is 1. The van der Waals surface area contributed by atoms with Crippen molar-refractivity contribution in [3.63, 3.8) is 0 Å². The third kappa shape index (κ3) is 4.52. The van der Waals surface area contributed by atoms with Crippen molar-refractivity contribution in [1.82, 2.24) is 15.3 Å². The van der Waals surface area contributed by atoms with Gasteiger partial charge in [0, 0.05) is 29.8 Å². The Labute approximate surface area is 159 Å². The van der Waals surface area contributed by atoms with Gasteiger partial charge in [0.05, 0.1) is 0 Å². The van der Waals surface area contributed by atoms with Gasteiger partial charge in [0.2, 0.25) is 5.95 Å². The Morgan fingerprint density at radius 3 is 2.77 bits per heavy atom. The topological polar surface area (TPSA) is 58.1 Å². The number of hydrogen-bond acceptors (Lipinski definition) is 4. The Hall–Kier alpha value is -2.14. The highest BCUT2D eigenvalue weighted by molar-refractivity contribution is 6.30. The monoisotopic (exact) mass is 372 g/mol. The number of aromatic nitrogens is 2. The summed E-state index contributed by atoms with van der Waals surface area (Å²) in [5, 5.41) is 3.61. The molecular formula is C20H25ClN4O. The molecule has 0 bridgehead atoms. The molecule has 1 atom stereocenters. The zero-order chi connectivity index (χ0) is 18.5. The molecule has 3 rings (SSSR count). The van der Waals surface area contributed by atoms with Crippen molar-refractivity contribution in [2.75, 3.05) is 11.4 Å². The van der Waals surface area contributed by atoms with Crippen molar-refractivity contribution in [2.45, 2.75) is 52.1 Å². The minimum atomic E-state index is -0.184. The van der Waals surface area contributed by atoms with Crippen molar-refractivity contribution >= 4 is 23.5 Å². The Bertz CT molecular complexity index is 763. The summed E-state index contributed by atoms with van der Waals surface area (Å²) in [7, 11) is 0. The van der Waals surface area contributed by atoms with E-state index in [1.54, 1.807) is 6.07 Å². The first-order valence-electron chi connectivity index (χ1n) is 9.21. The van der Waals surface area contributed by atoms with Gasteiger partial charge in [0.25, 0.3) is 5.91 Å². The van der Waals surface area contributed by atoms with E-state index in [-0.39, 0.29) is 5.91 Å². The molecule has 0 spiro atoms. The molecular weight excluding hydrogens is 348 g/mol. The quantitative estimate of drug-likeness (QED) is 0.857. The number of anilines is 1. The Kier molecular flexibility index (Phi) is 6.09. The van der Waals surface area contributed by atoms with E-state index in [1.807, 2.05) is 31.2 Å². The third-order valence-corrected chi connectivity index (χ3v) is 5.05. The number of aryl methyl sites for hydroxylation is 1. The van der Waals surface area contributed by atoms with Gasteiger partial charge in [0.15, 0.2) is 0 Å². The van der Waals surface area contributed by atoms with Crippen molar-refractivity contribution in [3.8, 4) is 0 Å². The van der Waals surface area contributed by atoms with Crippen LogP contribution in [0.25, 0.3) is 0 Å². The van der Waals surface area contributed by atoms with Crippen LogP contribution in [0.2, 0.25) is 5.02 Å². The SMILES string of the molecule is CCC1CCCCN1c1nc(C)cc(C(=O)NCc2ccc(Cl)cc2)n1. The smallest absolute Gasteiger partial charge is 0.270 e. The van der Waals surface area contributed by atoms with Crippen molar-refractivity contribution in [1.29, 1.82) is 0 Å². The summed E-state index contributed by atoms with van der Waals surface area (Å²) in [6.07, 6.45) is 4.61. The molecule has 26 heavy (non-hydrogen) atoms. The van der Waals surface area contributed by atoms with Gasteiger partial charge in [0.1, 0.15) is 5.69 Å². The predicted octanol–water partition coefficient (Wildman–Crippen LogP) is 4.14. The molecule has 1 aliphatic rings. The van der Waals surface area contributed by atoms with Crippen LogP contribution in [0.1, 0.15) is 54.4 Å². The molecule has 0 aliphatic carbocycles. The van der Waals surface area contributed by atoms with Crippen LogP contribution in [0.3, 0.4) is 0 Å². The maximum Gasteiger partial charge on any atom is 0.270 e. The molecule has 138 valence electrons. The molecule has 1 aromatic heterocycles. The molecule has 0 saturated carbocycles. The Balaban J connectivity index is 1.73. The second-order valence-corrected chi connectivity index (χ2v) is 7.19. The van der Waals surface area contributed by atoms with E-state index in [4.69, 9.17) is 11.6 Å². The second kappa shape index (κ2) is 8.49. The van der Waals surface area contributed by atoms with Gasteiger partial charge in [-0.1, -0.05) is 30.7 Å². The van der Waals surface area contributed by atoms with Gasteiger partial charge >= 0.3 is 0 Å². The van der Waals surface area contributed by atoms with Crippen LogP contribution in [-0.4, -0.2) is 28.5 Å². The molecule has 1 saturated heterocycles. The molecule has 2 aromatic rings. The number of benzene rings is 1. The van der Waals surface area contributed by atoms with Gasteiger partial charge in [-0.2, -0.15) is 0 Å². The first kappa shape index (κ1) is 18.6. The van der Waals surface area contributed by atoms with Crippen LogP contribution in [0, 0.1) is 6.92 Å². The number of carbonyl (C=O) groups excluding carboxylic acids is 1. The number of rotatable bonds is 5. The number of nitrogens with zero attached hydrogens (tertiary/aromatic N) is 3. The summed E-state index contributed by atoms with van der Waals surface area (Å²) < 4.78 is 0. The molecule has 1 N–H and O–H groups in total. The summed E-state index contributed by atoms with van der Waals surface area (Å²) in [6.45, 7) is 5.49. The van der Waals surface area contributed by atoms with E-state index in [9.17, 15) is 4.79 Å². The normalized spacial score (nSPS) is 17.2. The predicted molar refractivity (Wildman–Crippen MR) is 105 cm³/mol. The Morgan fingerprint density at radius 2 is 2.04 bits per heavy atom. The van der Waals surface area contributed by atoms with Gasteiger partial charge in [-0.3, -0.25) is 4.79 Å². The van der Waals surface area contributed by atoms with Crippen LogP contribution in [0.5, 0.6) is 0 Å². The summed E-state index contributed by atoms with van der Waals surface area (Å²) in [5.74, 6) is 0.491. The average molecular weight is 373 g/mol. The van der Waals surface area contributed by atoms with Crippen LogP contribution >= 0.6 is 11.6 Å². The molecule has 1 unspecified atom stereocenters. The zero-order valence-electron chi connectivity index (χ0n) is 15.3. The Morgan fingerprint density at radius 1 is 1.27 bits per heavy atom. The number of nitrogens with one attached hydrogen (secondary N) is 1. The fourth-order valence-corrected chi connectivity index (χ4v) is 3.49. The van der Waals surface area contributed by atoms with Crippen molar-refractivity contribution in [2.24, 2.45) is 0 Å². The highest BCUT2D eigenvalue weighted by Crippen LogP contribution is 2.24. The number of halogens is 1. The lowest BCUT2D eigenvalue weighted by atomic mass is 10.0. The lowest BCUT2D eigenvalue weighted by Gasteiger charge is -2.35. The molecule has 1 aromatic carbocycles. The molecule has 1 fully saturated rings. The van der Waals surface area contributed by atoms with Crippen LogP contribution in [-0.2, 0) is 6.54 Å². The summed E-state index contributed by atoms with van der Waals surface area (Å²) >= 11 is 5.89. The average Bonchev–Trinajstić information content (AvgIpc) is 2.66. The molecule has 1 amide bonds. The highest BCUT2D eigenvalue weighted by atomic mass is 35.5.